The first-order valence-electron chi connectivity index (χ1n) is 17.7. The van der Waals surface area contributed by atoms with Gasteiger partial charge in [-0.05, 0) is 22.3 Å². The molecule has 18 nitrogen and oxygen atoms in total. The van der Waals surface area contributed by atoms with E-state index < -0.39 is 87.1 Å². The first-order valence-corrected chi connectivity index (χ1v) is 17.7. The highest BCUT2D eigenvalue weighted by molar-refractivity contribution is 5.79. The number of aliphatic hydroxyl groups excluding tert-OH is 10. The maximum absolute atomic E-state index is 12.9. The molecule has 1 aliphatic rings. The van der Waals surface area contributed by atoms with Crippen molar-refractivity contribution in [3.63, 3.8) is 0 Å². The average molecular weight is 771 g/mol. The number of hydrogen-bond acceptors (Lipinski definition) is 16. The molecule has 0 heterocycles. The lowest BCUT2D eigenvalue weighted by Gasteiger charge is -2.33. The van der Waals surface area contributed by atoms with E-state index in [2.05, 4.69) is 17.4 Å². The van der Waals surface area contributed by atoms with Crippen LogP contribution in [0.15, 0.2) is 48.5 Å². The van der Waals surface area contributed by atoms with Gasteiger partial charge in [0.15, 0.2) is 0 Å². The molecule has 0 fully saturated rings. The second-order valence-corrected chi connectivity index (χ2v) is 12.7. The predicted molar refractivity (Wildman–Crippen MR) is 189 cm³/mol. The summed E-state index contributed by atoms with van der Waals surface area (Å²) in [4.78, 5) is 26.0. The molecule has 0 saturated heterocycles. The lowest BCUT2D eigenvalue weighted by molar-refractivity contribution is -0.149. The van der Waals surface area contributed by atoms with E-state index in [0.717, 1.165) is 27.2 Å². The van der Waals surface area contributed by atoms with Crippen molar-refractivity contribution >= 4 is 12.0 Å². The maximum atomic E-state index is 12.9. The van der Waals surface area contributed by atoms with E-state index >= 15 is 0 Å². The second kappa shape index (κ2) is 23.6. The van der Waals surface area contributed by atoms with Gasteiger partial charge in [0.05, 0.1) is 59.3 Å². The van der Waals surface area contributed by atoms with E-state index in [1.165, 1.54) is 0 Å². The number of alkyl carbamates (subject to hydrolysis) is 1. The van der Waals surface area contributed by atoms with Crippen molar-refractivity contribution in [3.8, 4) is 11.1 Å². The van der Waals surface area contributed by atoms with Crippen molar-refractivity contribution in [2.45, 2.75) is 61.2 Å². The van der Waals surface area contributed by atoms with E-state index in [1.807, 2.05) is 36.4 Å². The molecule has 2 unspecified atom stereocenters. The summed E-state index contributed by atoms with van der Waals surface area (Å²) in [6.45, 7) is -2.12. The van der Waals surface area contributed by atoms with Gasteiger partial charge < -0.3 is 80.2 Å². The van der Waals surface area contributed by atoms with Crippen LogP contribution in [0.25, 0.3) is 11.1 Å². The van der Waals surface area contributed by atoms with E-state index in [1.54, 1.807) is 0 Å². The third-order valence-corrected chi connectivity index (χ3v) is 8.88. The fourth-order valence-corrected chi connectivity index (χ4v) is 5.81. The smallest absolute Gasteiger partial charge is 0.407 e. The summed E-state index contributed by atoms with van der Waals surface area (Å²) in [7, 11) is 0. The maximum Gasteiger partial charge on any atom is 0.407 e. The molecule has 18 heteroatoms. The largest absolute Gasteiger partial charge is 0.449 e. The number of carbonyl (C=O) groups excluding carboxylic acids is 2. The molecule has 11 N–H and O–H groups in total. The van der Waals surface area contributed by atoms with E-state index in [-0.39, 0.29) is 65.1 Å². The minimum Gasteiger partial charge on any atom is -0.449 e. The Morgan fingerprint density at radius 1 is 0.611 bits per heavy atom. The minimum atomic E-state index is -2.03. The molecule has 2 aromatic rings. The highest BCUT2D eigenvalue weighted by atomic mass is 16.6. The van der Waals surface area contributed by atoms with Gasteiger partial charge in [-0.25, -0.2) is 4.79 Å². The summed E-state index contributed by atoms with van der Waals surface area (Å²) in [6, 6.07) is 16.1. The highest BCUT2D eigenvalue weighted by Crippen LogP contribution is 2.44. The highest BCUT2D eigenvalue weighted by Gasteiger charge is 2.35. The Hall–Kier alpha value is -3.34. The molecule has 2 aromatic carbocycles. The standard InChI is InChI=1S/C36H54N2O16/c39-19-29(43)34(48)32(46)27(41)17-38(18-28(42)33(47)35(49)30(44)20-40)31(45)9-11-51-13-15-53-16-14-52-12-10-37-36(50)54-21-26-24-7-3-1-5-22(24)23-6-2-4-8-25(23)26/h1-8,26-30,32-35,39-44,46-49H,9-21H2,(H,37,50)/t27-,28-,29+,30+,32+,33?,34?,35+/m0/s1. The van der Waals surface area contributed by atoms with Crippen LogP contribution in [0, 0.1) is 0 Å². The van der Waals surface area contributed by atoms with Crippen molar-refractivity contribution in [2.24, 2.45) is 0 Å². The molecule has 0 aliphatic heterocycles. The molecule has 0 radical (unpaired) electrons. The van der Waals surface area contributed by atoms with Gasteiger partial charge in [-0.2, -0.15) is 0 Å². The number of benzene rings is 2. The zero-order valence-electron chi connectivity index (χ0n) is 29.9. The number of ether oxygens (including phenoxy) is 4. The van der Waals surface area contributed by atoms with Crippen LogP contribution < -0.4 is 5.32 Å². The molecule has 304 valence electrons. The van der Waals surface area contributed by atoms with Gasteiger partial charge in [0.1, 0.15) is 55.4 Å². The number of rotatable bonds is 26. The topological polar surface area (TPSA) is 289 Å². The summed E-state index contributed by atoms with van der Waals surface area (Å²) < 4.78 is 21.8. The number of nitrogens with zero attached hydrogens (tertiary/aromatic N) is 1. The number of fused-ring (bicyclic) bond motifs is 3. The van der Waals surface area contributed by atoms with Crippen LogP contribution in [0.1, 0.15) is 23.5 Å². The number of hydrogen-bond donors (Lipinski definition) is 11. The fraction of sp³-hybridized carbons (Fsp3) is 0.611. The van der Waals surface area contributed by atoms with Crippen LogP contribution in [0.2, 0.25) is 0 Å². The monoisotopic (exact) mass is 770 g/mol. The first-order chi connectivity index (χ1) is 25.9. The van der Waals surface area contributed by atoms with Crippen molar-refractivity contribution in [1.29, 1.82) is 0 Å². The zero-order valence-corrected chi connectivity index (χ0v) is 29.9. The molecule has 0 bridgehead atoms. The van der Waals surface area contributed by atoms with Gasteiger partial charge in [-0.1, -0.05) is 48.5 Å². The third-order valence-electron chi connectivity index (χ3n) is 8.88. The SMILES string of the molecule is O=C(NCCOCCOCCOCCC(=O)N(C[C@H](O)C(O)[C@H](O)[C@H](O)CO)C[C@H](O)[C@@H](O)C(O)[C@H](O)CO)OCC1c2ccccc2-c2ccccc21. The lowest BCUT2D eigenvalue weighted by atomic mass is 9.98. The van der Waals surface area contributed by atoms with E-state index in [4.69, 9.17) is 29.2 Å². The Balaban J connectivity index is 1.29. The van der Waals surface area contributed by atoms with Gasteiger partial charge in [0.25, 0.3) is 0 Å². The number of carbonyl (C=O) groups is 2. The molecule has 3 rings (SSSR count). The quantitative estimate of drug-likeness (QED) is 0.0417. The van der Waals surface area contributed by atoms with Gasteiger partial charge >= 0.3 is 6.09 Å². The second-order valence-electron chi connectivity index (χ2n) is 12.7. The summed E-state index contributed by atoms with van der Waals surface area (Å²) in [5.41, 5.74) is 4.52. The molecule has 0 spiro atoms. The predicted octanol–water partition coefficient (Wildman–Crippen LogP) is -3.33. The van der Waals surface area contributed by atoms with Gasteiger partial charge in [0, 0.05) is 25.6 Å². The van der Waals surface area contributed by atoms with Crippen LogP contribution in [0.3, 0.4) is 0 Å². The van der Waals surface area contributed by atoms with Gasteiger partial charge in [-0.3, -0.25) is 4.79 Å². The average Bonchev–Trinajstić information content (AvgIpc) is 3.51. The van der Waals surface area contributed by atoms with Crippen molar-refractivity contribution in [2.75, 3.05) is 79.1 Å². The normalized spacial score (nSPS) is 17.0. The first kappa shape index (κ1) is 45.1. The lowest BCUT2D eigenvalue weighted by Crippen LogP contribution is -2.54. The van der Waals surface area contributed by atoms with E-state index in [0.29, 0.717) is 0 Å². The van der Waals surface area contributed by atoms with Gasteiger partial charge in [-0.15, -0.1) is 0 Å². The summed E-state index contributed by atoms with van der Waals surface area (Å²) in [6.07, 6.45) is -16.3. The van der Waals surface area contributed by atoms with Crippen LogP contribution in [-0.4, -0.2) is 196 Å². The fourth-order valence-electron chi connectivity index (χ4n) is 5.81. The third kappa shape index (κ3) is 13.4. The number of aliphatic hydroxyl groups is 10. The Morgan fingerprint density at radius 2 is 1.04 bits per heavy atom. The number of amides is 2. The molecule has 0 saturated carbocycles. The minimum absolute atomic E-state index is 0.0417. The summed E-state index contributed by atoms with van der Waals surface area (Å²) in [5.74, 6) is -0.789. The summed E-state index contributed by atoms with van der Waals surface area (Å²) in [5, 5.41) is 101. The van der Waals surface area contributed by atoms with Crippen LogP contribution in [0.5, 0.6) is 0 Å². The molecule has 54 heavy (non-hydrogen) atoms. The van der Waals surface area contributed by atoms with Crippen molar-refractivity contribution in [3.05, 3.63) is 59.7 Å². The van der Waals surface area contributed by atoms with Crippen molar-refractivity contribution in [1.82, 2.24) is 10.2 Å². The Morgan fingerprint density at radius 3 is 1.52 bits per heavy atom. The molecule has 0 aromatic heterocycles. The molecule has 2 amide bonds. The Labute approximate surface area is 312 Å². The van der Waals surface area contributed by atoms with Crippen LogP contribution >= 0.6 is 0 Å². The van der Waals surface area contributed by atoms with Crippen LogP contribution in [-0.2, 0) is 23.7 Å². The Bertz CT molecular complexity index is 1330. The zero-order chi connectivity index (χ0) is 39.6. The molecular weight excluding hydrogens is 716 g/mol. The van der Waals surface area contributed by atoms with E-state index in [9.17, 15) is 50.4 Å². The summed E-state index contributed by atoms with van der Waals surface area (Å²) >= 11 is 0. The molecule has 1 aliphatic carbocycles. The van der Waals surface area contributed by atoms with Gasteiger partial charge in [0.2, 0.25) is 5.91 Å². The molecular formula is C36H54N2O16. The molecule has 8 atom stereocenters. The van der Waals surface area contributed by atoms with Crippen molar-refractivity contribution < 1.29 is 79.6 Å². The number of nitrogens with one attached hydrogen (secondary N) is 1. The van der Waals surface area contributed by atoms with Crippen LogP contribution in [0.4, 0.5) is 4.79 Å². The Kier molecular flexibility index (Phi) is 19.6.